The fourth-order valence-electron chi connectivity index (χ4n) is 2.25. The molecule has 0 unspecified atom stereocenters. The molecule has 0 saturated heterocycles. The summed E-state index contributed by atoms with van der Waals surface area (Å²) in [6.07, 6.45) is 3.94. The van der Waals surface area contributed by atoms with Crippen molar-refractivity contribution < 1.29 is 14.4 Å². The number of carbonyl (C=O) groups excluding carboxylic acids is 1. The first-order valence-electron chi connectivity index (χ1n) is 7.48. The molecule has 0 saturated carbocycles. The highest BCUT2D eigenvalue weighted by molar-refractivity contribution is 5.89. The molecule has 112 valence electrons. The summed E-state index contributed by atoms with van der Waals surface area (Å²) in [7, 11) is 0. The van der Waals surface area contributed by atoms with Gasteiger partial charge < -0.3 is 14.2 Å². The van der Waals surface area contributed by atoms with Crippen LogP contribution in [0.1, 0.15) is 24.2 Å². The second kappa shape index (κ2) is 7.64. The number of carbonyl (C=O) groups is 1. The Kier molecular flexibility index (Phi) is 5.58. The summed E-state index contributed by atoms with van der Waals surface area (Å²) in [5.41, 5.74) is 1.63. The highest BCUT2D eigenvalue weighted by Crippen LogP contribution is 2.10. The highest BCUT2D eigenvalue weighted by atomic mass is 16.5. The van der Waals surface area contributed by atoms with E-state index in [0.717, 1.165) is 25.3 Å². The van der Waals surface area contributed by atoms with E-state index in [9.17, 15) is 4.79 Å². The SMILES string of the molecule is CC[NH+](CC)CCOC(=O)c1ccc(-n2cccc2)cc1. The maximum Gasteiger partial charge on any atom is 0.338 e. The molecule has 1 aromatic carbocycles. The number of hydrogen-bond acceptors (Lipinski definition) is 2. The summed E-state index contributed by atoms with van der Waals surface area (Å²) in [5.74, 6) is -0.249. The van der Waals surface area contributed by atoms with Crippen molar-refractivity contribution in [3.8, 4) is 5.69 Å². The van der Waals surface area contributed by atoms with Crippen molar-refractivity contribution in [1.29, 1.82) is 0 Å². The topological polar surface area (TPSA) is 35.7 Å². The fraction of sp³-hybridized carbons (Fsp3) is 0.353. The number of rotatable bonds is 7. The minimum Gasteiger partial charge on any atom is -0.456 e. The number of aromatic nitrogens is 1. The number of nitrogens with one attached hydrogen (secondary N) is 1. The van der Waals surface area contributed by atoms with Gasteiger partial charge in [0.1, 0.15) is 13.2 Å². The molecule has 0 radical (unpaired) electrons. The number of nitrogens with zero attached hydrogens (tertiary/aromatic N) is 1. The molecular formula is C17H23N2O2+. The highest BCUT2D eigenvalue weighted by Gasteiger charge is 2.09. The number of quaternary nitrogens is 1. The van der Waals surface area contributed by atoms with E-state index in [0.29, 0.717) is 12.2 Å². The average molecular weight is 287 g/mol. The van der Waals surface area contributed by atoms with Gasteiger partial charge >= 0.3 is 5.97 Å². The Morgan fingerprint density at radius 1 is 1.10 bits per heavy atom. The van der Waals surface area contributed by atoms with Crippen molar-refractivity contribution in [3.05, 3.63) is 54.4 Å². The summed E-state index contributed by atoms with van der Waals surface area (Å²) >= 11 is 0. The standard InChI is InChI=1S/C17H22N2O2/c1-3-18(4-2)13-14-21-17(20)15-7-9-16(10-8-15)19-11-5-6-12-19/h5-12H,3-4,13-14H2,1-2H3/p+1. The van der Waals surface area contributed by atoms with Gasteiger partial charge in [-0.3, -0.25) is 0 Å². The van der Waals surface area contributed by atoms with Gasteiger partial charge in [0, 0.05) is 18.1 Å². The van der Waals surface area contributed by atoms with E-state index in [-0.39, 0.29) is 5.97 Å². The van der Waals surface area contributed by atoms with Crippen molar-refractivity contribution in [1.82, 2.24) is 4.57 Å². The molecule has 1 aromatic heterocycles. The minimum atomic E-state index is -0.249. The molecular weight excluding hydrogens is 264 g/mol. The quantitative estimate of drug-likeness (QED) is 0.785. The second-order valence-corrected chi connectivity index (χ2v) is 4.98. The van der Waals surface area contributed by atoms with Crippen molar-refractivity contribution in [3.63, 3.8) is 0 Å². The van der Waals surface area contributed by atoms with Gasteiger partial charge in [0.15, 0.2) is 0 Å². The van der Waals surface area contributed by atoms with E-state index >= 15 is 0 Å². The van der Waals surface area contributed by atoms with Crippen LogP contribution in [0.25, 0.3) is 5.69 Å². The van der Waals surface area contributed by atoms with Gasteiger partial charge in [0.05, 0.1) is 18.7 Å². The lowest BCUT2D eigenvalue weighted by Crippen LogP contribution is -3.11. The van der Waals surface area contributed by atoms with Gasteiger partial charge in [0.25, 0.3) is 0 Å². The van der Waals surface area contributed by atoms with Crippen molar-refractivity contribution >= 4 is 5.97 Å². The van der Waals surface area contributed by atoms with Crippen LogP contribution in [0.2, 0.25) is 0 Å². The Hall–Kier alpha value is -2.07. The number of benzene rings is 1. The third-order valence-electron chi connectivity index (χ3n) is 3.69. The van der Waals surface area contributed by atoms with Crippen LogP contribution in [0.4, 0.5) is 0 Å². The molecule has 2 rings (SSSR count). The normalized spacial score (nSPS) is 10.8. The van der Waals surface area contributed by atoms with Gasteiger partial charge in [0.2, 0.25) is 0 Å². The summed E-state index contributed by atoms with van der Waals surface area (Å²) in [5, 5.41) is 0. The molecule has 4 nitrogen and oxygen atoms in total. The zero-order chi connectivity index (χ0) is 15.1. The maximum absolute atomic E-state index is 12.0. The molecule has 0 spiro atoms. The van der Waals surface area contributed by atoms with E-state index < -0.39 is 0 Å². The molecule has 1 heterocycles. The van der Waals surface area contributed by atoms with E-state index in [4.69, 9.17) is 4.74 Å². The zero-order valence-corrected chi connectivity index (χ0v) is 12.7. The maximum atomic E-state index is 12.0. The van der Waals surface area contributed by atoms with Crippen LogP contribution in [-0.4, -0.2) is 36.8 Å². The van der Waals surface area contributed by atoms with Crippen LogP contribution in [0.5, 0.6) is 0 Å². The van der Waals surface area contributed by atoms with Crippen LogP contribution in [-0.2, 0) is 4.74 Å². The Morgan fingerprint density at radius 2 is 1.71 bits per heavy atom. The average Bonchev–Trinajstić information content (AvgIpc) is 3.06. The zero-order valence-electron chi connectivity index (χ0n) is 12.7. The first-order valence-corrected chi connectivity index (χ1v) is 7.48. The fourth-order valence-corrected chi connectivity index (χ4v) is 2.25. The van der Waals surface area contributed by atoms with E-state index in [1.807, 2.05) is 53.4 Å². The van der Waals surface area contributed by atoms with E-state index in [2.05, 4.69) is 13.8 Å². The van der Waals surface area contributed by atoms with E-state index in [1.165, 1.54) is 4.90 Å². The predicted molar refractivity (Wildman–Crippen MR) is 83.0 cm³/mol. The largest absolute Gasteiger partial charge is 0.456 e. The van der Waals surface area contributed by atoms with Gasteiger partial charge in [-0.1, -0.05) is 0 Å². The molecule has 0 aliphatic carbocycles. The lowest BCUT2D eigenvalue weighted by molar-refractivity contribution is -0.896. The molecule has 0 fully saturated rings. The predicted octanol–water partition coefficient (Wildman–Crippen LogP) is 1.56. The van der Waals surface area contributed by atoms with Crippen molar-refractivity contribution in [2.24, 2.45) is 0 Å². The summed E-state index contributed by atoms with van der Waals surface area (Å²) in [6, 6.07) is 11.4. The van der Waals surface area contributed by atoms with Crippen LogP contribution < -0.4 is 4.90 Å². The monoisotopic (exact) mass is 287 g/mol. The molecule has 1 N–H and O–H groups in total. The van der Waals surface area contributed by atoms with Gasteiger partial charge in [-0.25, -0.2) is 4.79 Å². The van der Waals surface area contributed by atoms with Crippen molar-refractivity contribution in [2.75, 3.05) is 26.2 Å². The molecule has 21 heavy (non-hydrogen) atoms. The summed E-state index contributed by atoms with van der Waals surface area (Å²) in [4.78, 5) is 13.4. The molecule has 0 aliphatic heterocycles. The number of ether oxygens (including phenoxy) is 1. The molecule has 4 heteroatoms. The Labute approximate surface area is 125 Å². The molecule has 0 atom stereocenters. The second-order valence-electron chi connectivity index (χ2n) is 4.98. The Bertz CT molecular complexity index is 543. The van der Waals surface area contributed by atoms with Crippen LogP contribution >= 0.6 is 0 Å². The van der Waals surface area contributed by atoms with Gasteiger partial charge in [-0.15, -0.1) is 0 Å². The third-order valence-corrected chi connectivity index (χ3v) is 3.69. The lowest BCUT2D eigenvalue weighted by Gasteiger charge is -2.15. The van der Waals surface area contributed by atoms with E-state index in [1.54, 1.807) is 0 Å². The first kappa shape index (κ1) is 15.3. The number of hydrogen-bond donors (Lipinski definition) is 1. The number of likely N-dealkylation sites (N-methyl/N-ethyl adjacent to an activating group) is 1. The molecule has 0 aliphatic rings. The van der Waals surface area contributed by atoms with Crippen molar-refractivity contribution in [2.45, 2.75) is 13.8 Å². The molecule has 0 amide bonds. The van der Waals surface area contributed by atoms with Crippen LogP contribution in [0.15, 0.2) is 48.8 Å². The Balaban J connectivity index is 1.88. The molecule has 0 bridgehead atoms. The Morgan fingerprint density at radius 3 is 2.29 bits per heavy atom. The third kappa shape index (κ3) is 4.20. The van der Waals surface area contributed by atoms with Crippen LogP contribution in [0.3, 0.4) is 0 Å². The number of esters is 1. The van der Waals surface area contributed by atoms with Gasteiger partial charge in [-0.05, 0) is 50.2 Å². The van der Waals surface area contributed by atoms with Crippen LogP contribution in [0, 0.1) is 0 Å². The first-order chi connectivity index (χ1) is 10.2. The summed E-state index contributed by atoms with van der Waals surface area (Å²) in [6.45, 7) is 7.72. The van der Waals surface area contributed by atoms with Gasteiger partial charge in [-0.2, -0.15) is 0 Å². The lowest BCUT2D eigenvalue weighted by atomic mass is 10.2. The smallest absolute Gasteiger partial charge is 0.338 e. The summed E-state index contributed by atoms with van der Waals surface area (Å²) < 4.78 is 7.33. The minimum absolute atomic E-state index is 0.249. The molecule has 2 aromatic rings.